The van der Waals surface area contributed by atoms with Gasteiger partial charge < -0.3 is 11.1 Å². The number of hydrogen-bond acceptors (Lipinski definition) is 2. The van der Waals surface area contributed by atoms with E-state index in [1.807, 2.05) is 0 Å². The lowest BCUT2D eigenvalue weighted by Crippen LogP contribution is -2.39. The summed E-state index contributed by atoms with van der Waals surface area (Å²) >= 11 is 0. The van der Waals surface area contributed by atoms with Gasteiger partial charge in [0.2, 0.25) is 5.91 Å². The molecule has 3 N–H and O–H groups in total. The van der Waals surface area contributed by atoms with Gasteiger partial charge in [0.25, 0.3) is 0 Å². The van der Waals surface area contributed by atoms with Gasteiger partial charge in [-0.15, -0.1) is 0 Å². The fourth-order valence-electron chi connectivity index (χ4n) is 1.37. The third-order valence-corrected chi connectivity index (χ3v) is 2.08. The summed E-state index contributed by atoms with van der Waals surface area (Å²) in [7, 11) is 0. The Hall–Kier alpha value is -0.570. The second kappa shape index (κ2) is 3.01. The van der Waals surface area contributed by atoms with Crippen molar-refractivity contribution in [2.24, 2.45) is 5.73 Å². The number of nitrogens with two attached hydrogens (primary N) is 1. The molecule has 0 saturated carbocycles. The molecule has 1 saturated heterocycles. The molecule has 0 aromatic heterocycles. The van der Waals surface area contributed by atoms with Gasteiger partial charge in [-0.3, -0.25) is 4.79 Å². The van der Waals surface area contributed by atoms with Crippen molar-refractivity contribution in [3.8, 4) is 0 Å². The molecule has 0 aromatic carbocycles. The van der Waals surface area contributed by atoms with Crippen LogP contribution in [0.5, 0.6) is 0 Å². The molecule has 1 rings (SSSR count). The van der Waals surface area contributed by atoms with Crippen molar-refractivity contribution >= 4 is 5.91 Å². The lowest BCUT2D eigenvalue weighted by molar-refractivity contribution is -0.119. The van der Waals surface area contributed by atoms with E-state index < -0.39 is 0 Å². The largest absolute Gasteiger partial charge is 0.368 e. The molecule has 2 unspecified atom stereocenters. The highest BCUT2D eigenvalue weighted by atomic mass is 16.1. The predicted molar refractivity (Wildman–Crippen MR) is 39.4 cm³/mol. The Kier molecular flexibility index (Phi) is 2.27. The smallest absolute Gasteiger partial charge is 0.234 e. The van der Waals surface area contributed by atoms with Crippen molar-refractivity contribution in [1.82, 2.24) is 5.32 Å². The maximum atomic E-state index is 10.6. The van der Waals surface area contributed by atoms with E-state index in [2.05, 4.69) is 12.2 Å². The summed E-state index contributed by atoms with van der Waals surface area (Å²) in [6.07, 6.45) is 3.09. The van der Waals surface area contributed by atoms with E-state index in [0.717, 1.165) is 19.3 Å². The van der Waals surface area contributed by atoms with Crippen molar-refractivity contribution in [3.05, 3.63) is 0 Å². The summed E-state index contributed by atoms with van der Waals surface area (Å²) in [5.74, 6) is -0.212. The molecule has 1 fully saturated rings. The van der Waals surface area contributed by atoms with E-state index >= 15 is 0 Å². The van der Waals surface area contributed by atoms with Gasteiger partial charge in [0.15, 0.2) is 0 Å². The number of carbonyl (C=O) groups is 1. The van der Waals surface area contributed by atoms with Crippen molar-refractivity contribution in [1.29, 1.82) is 0 Å². The molecule has 0 spiro atoms. The Morgan fingerprint density at radius 1 is 1.70 bits per heavy atom. The van der Waals surface area contributed by atoms with Crippen molar-refractivity contribution in [2.75, 3.05) is 0 Å². The average molecular weight is 142 g/mol. The van der Waals surface area contributed by atoms with Gasteiger partial charge in [-0.2, -0.15) is 0 Å². The maximum Gasteiger partial charge on any atom is 0.234 e. The average Bonchev–Trinajstić information content (AvgIpc) is 2.34. The number of primary amides is 1. The molecule has 0 aliphatic carbocycles. The number of rotatable bonds is 2. The fourth-order valence-corrected chi connectivity index (χ4v) is 1.37. The molecule has 1 heterocycles. The number of hydrogen-bond donors (Lipinski definition) is 2. The molecule has 1 aliphatic rings. The van der Waals surface area contributed by atoms with Crippen LogP contribution in [0.25, 0.3) is 0 Å². The summed E-state index contributed by atoms with van der Waals surface area (Å²) in [6.45, 7) is 2.11. The van der Waals surface area contributed by atoms with Gasteiger partial charge in [-0.05, 0) is 19.3 Å². The van der Waals surface area contributed by atoms with Crippen LogP contribution in [0.15, 0.2) is 0 Å². The molecule has 2 atom stereocenters. The summed E-state index contributed by atoms with van der Waals surface area (Å²) < 4.78 is 0. The standard InChI is InChI=1S/C7H14N2O/c1-2-5-3-4-6(9-5)7(8)10/h5-6,9H,2-4H2,1H3,(H2,8,10). The Bertz CT molecular complexity index is 136. The topological polar surface area (TPSA) is 55.1 Å². The van der Waals surface area contributed by atoms with Gasteiger partial charge in [-0.25, -0.2) is 0 Å². The molecule has 0 radical (unpaired) electrons. The van der Waals surface area contributed by atoms with Gasteiger partial charge in [0.1, 0.15) is 0 Å². The molecule has 1 amide bonds. The van der Waals surface area contributed by atoms with Crippen LogP contribution >= 0.6 is 0 Å². The molecule has 58 valence electrons. The van der Waals surface area contributed by atoms with Crippen LogP contribution in [0.2, 0.25) is 0 Å². The third kappa shape index (κ3) is 1.48. The van der Waals surface area contributed by atoms with Crippen LogP contribution in [0, 0.1) is 0 Å². The Labute approximate surface area is 61.0 Å². The first kappa shape index (κ1) is 7.54. The molecular weight excluding hydrogens is 128 g/mol. The summed E-state index contributed by atoms with van der Waals surface area (Å²) in [4.78, 5) is 10.6. The van der Waals surface area contributed by atoms with Gasteiger partial charge in [0, 0.05) is 6.04 Å². The number of carbonyl (C=O) groups excluding carboxylic acids is 1. The predicted octanol–water partition coefficient (Wildman–Crippen LogP) is 0.00230. The zero-order valence-corrected chi connectivity index (χ0v) is 6.26. The molecule has 10 heavy (non-hydrogen) atoms. The highest BCUT2D eigenvalue weighted by molar-refractivity contribution is 5.80. The minimum absolute atomic E-state index is 0.0649. The van der Waals surface area contributed by atoms with E-state index in [4.69, 9.17) is 5.73 Å². The molecule has 0 bridgehead atoms. The van der Waals surface area contributed by atoms with E-state index in [1.54, 1.807) is 0 Å². The molecule has 3 nitrogen and oxygen atoms in total. The second-order valence-corrected chi connectivity index (χ2v) is 2.80. The van der Waals surface area contributed by atoms with Crippen LogP contribution in [0.1, 0.15) is 26.2 Å². The highest BCUT2D eigenvalue weighted by Gasteiger charge is 2.25. The van der Waals surface area contributed by atoms with Crippen LogP contribution in [0.4, 0.5) is 0 Å². The van der Waals surface area contributed by atoms with Gasteiger partial charge in [0.05, 0.1) is 6.04 Å². The molecule has 0 aromatic rings. The summed E-state index contributed by atoms with van der Waals surface area (Å²) in [5, 5.41) is 3.17. The van der Waals surface area contributed by atoms with Crippen LogP contribution < -0.4 is 11.1 Å². The van der Waals surface area contributed by atoms with Gasteiger partial charge >= 0.3 is 0 Å². The molecular formula is C7H14N2O. The minimum atomic E-state index is -0.212. The molecule has 1 aliphatic heterocycles. The first-order valence-electron chi connectivity index (χ1n) is 3.79. The molecule has 3 heteroatoms. The van der Waals surface area contributed by atoms with Gasteiger partial charge in [-0.1, -0.05) is 6.92 Å². The Balaban J connectivity index is 2.35. The minimum Gasteiger partial charge on any atom is -0.368 e. The van der Waals surface area contributed by atoms with Crippen LogP contribution in [0.3, 0.4) is 0 Å². The first-order valence-corrected chi connectivity index (χ1v) is 3.79. The number of amides is 1. The van der Waals surface area contributed by atoms with E-state index in [-0.39, 0.29) is 11.9 Å². The number of nitrogens with one attached hydrogen (secondary N) is 1. The monoisotopic (exact) mass is 142 g/mol. The third-order valence-electron chi connectivity index (χ3n) is 2.08. The fraction of sp³-hybridized carbons (Fsp3) is 0.857. The zero-order valence-electron chi connectivity index (χ0n) is 6.26. The second-order valence-electron chi connectivity index (χ2n) is 2.80. The highest BCUT2D eigenvalue weighted by Crippen LogP contribution is 2.13. The lowest BCUT2D eigenvalue weighted by Gasteiger charge is -2.08. The van der Waals surface area contributed by atoms with Crippen molar-refractivity contribution < 1.29 is 4.79 Å². The summed E-state index contributed by atoms with van der Waals surface area (Å²) in [5.41, 5.74) is 5.11. The Morgan fingerprint density at radius 2 is 2.40 bits per heavy atom. The van der Waals surface area contributed by atoms with Crippen molar-refractivity contribution in [3.63, 3.8) is 0 Å². The zero-order chi connectivity index (χ0) is 7.56. The first-order chi connectivity index (χ1) is 4.74. The quantitative estimate of drug-likeness (QED) is 0.570. The SMILES string of the molecule is CCC1CCC(C(N)=O)N1. The lowest BCUT2D eigenvalue weighted by atomic mass is 10.1. The van der Waals surface area contributed by atoms with E-state index in [1.165, 1.54) is 0 Å². The van der Waals surface area contributed by atoms with E-state index in [9.17, 15) is 4.79 Å². The van der Waals surface area contributed by atoms with Crippen LogP contribution in [-0.4, -0.2) is 18.0 Å². The normalized spacial score (nSPS) is 32.5. The maximum absolute atomic E-state index is 10.6. The van der Waals surface area contributed by atoms with Crippen molar-refractivity contribution in [2.45, 2.75) is 38.3 Å². The van der Waals surface area contributed by atoms with Crippen LogP contribution in [-0.2, 0) is 4.79 Å². The van der Waals surface area contributed by atoms with E-state index in [0.29, 0.717) is 6.04 Å². The Morgan fingerprint density at radius 3 is 2.70 bits per heavy atom. The summed E-state index contributed by atoms with van der Waals surface area (Å²) in [6, 6.07) is 0.447.